The van der Waals surface area contributed by atoms with Gasteiger partial charge in [0.2, 0.25) is 0 Å². The zero-order valence-corrected chi connectivity index (χ0v) is 9.82. The lowest BCUT2D eigenvalue weighted by atomic mass is 10.2. The summed E-state index contributed by atoms with van der Waals surface area (Å²) in [5.41, 5.74) is 8.06. The van der Waals surface area contributed by atoms with E-state index < -0.39 is 0 Å². The molecule has 2 N–H and O–H groups in total. The molecule has 2 rings (SSSR count). The molecule has 1 aromatic heterocycles. The molecule has 1 unspecified atom stereocenters. The molecule has 1 atom stereocenters. The highest BCUT2D eigenvalue weighted by atomic mass is 15.4. The van der Waals surface area contributed by atoms with Gasteiger partial charge in [0.05, 0.1) is 5.69 Å². The molecule has 0 amide bonds. The van der Waals surface area contributed by atoms with Crippen LogP contribution in [0.5, 0.6) is 0 Å². The fourth-order valence-corrected chi connectivity index (χ4v) is 2.54. The van der Waals surface area contributed by atoms with E-state index in [0.717, 1.165) is 12.2 Å². The first-order valence-corrected chi connectivity index (χ1v) is 5.64. The molecule has 15 heavy (non-hydrogen) atoms. The maximum atomic E-state index is 5.80. The van der Waals surface area contributed by atoms with Crippen molar-refractivity contribution in [2.24, 2.45) is 12.8 Å². The summed E-state index contributed by atoms with van der Waals surface area (Å²) in [6.07, 6.45) is 2.55. The Morgan fingerprint density at radius 1 is 1.53 bits per heavy atom. The molecule has 0 bridgehead atoms. The molecule has 4 nitrogen and oxygen atoms in total. The van der Waals surface area contributed by atoms with Gasteiger partial charge in [-0.25, -0.2) is 0 Å². The molecule has 0 spiro atoms. The van der Waals surface area contributed by atoms with E-state index in [1.54, 1.807) is 0 Å². The van der Waals surface area contributed by atoms with Gasteiger partial charge in [0.15, 0.2) is 0 Å². The van der Waals surface area contributed by atoms with Gasteiger partial charge in [-0.1, -0.05) is 0 Å². The fourth-order valence-electron chi connectivity index (χ4n) is 2.54. The lowest BCUT2D eigenvalue weighted by Gasteiger charge is -2.24. The lowest BCUT2D eigenvalue weighted by Crippen LogP contribution is -2.29. The van der Waals surface area contributed by atoms with E-state index >= 15 is 0 Å². The van der Waals surface area contributed by atoms with Gasteiger partial charge in [0, 0.05) is 31.7 Å². The first-order valence-electron chi connectivity index (χ1n) is 5.64. The number of rotatable bonds is 2. The summed E-state index contributed by atoms with van der Waals surface area (Å²) >= 11 is 0. The summed E-state index contributed by atoms with van der Waals surface area (Å²) in [7, 11) is 2.01. The predicted octanol–water partition coefficient (Wildman–Crippen LogP) is 1.18. The van der Waals surface area contributed by atoms with E-state index in [-0.39, 0.29) is 0 Å². The third-order valence-electron chi connectivity index (χ3n) is 3.34. The van der Waals surface area contributed by atoms with Gasteiger partial charge in [-0.05, 0) is 26.7 Å². The SMILES string of the molecule is Cc1nn(C)c(N2CCCC2C)c1CN. The molecule has 1 aliphatic rings. The van der Waals surface area contributed by atoms with Crippen LogP contribution in [-0.4, -0.2) is 22.4 Å². The van der Waals surface area contributed by atoms with Crippen LogP contribution in [0.3, 0.4) is 0 Å². The Morgan fingerprint density at radius 3 is 2.80 bits per heavy atom. The Labute approximate surface area is 91.1 Å². The van der Waals surface area contributed by atoms with Gasteiger partial charge in [-0.3, -0.25) is 4.68 Å². The quantitative estimate of drug-likeness (QED) is 0.793. The maximum Gasteiger partial charge on any atom is 0.131 e. The Hall–Kier alpha value is -1.03. The molecule has 4 heteroatoms. The van der Waals surface area contributed by atoms with Gasteiger partial charge in [0.25, 0.3) is 0 Å². The summed E-state index contributed by atoms with van der Waals surface area (Å²) in [6, 6.07) is 0.616. The van der Waals surface area contributed by atoms with Crippen LogP contribution >= 0.6 is 0 Å². The first-order chi connectivity index (χ1) is 7.15. The van der Waals surface area contributed by atoms with Crippen LogP contribution in [0, 0.1) is 6.92 Å². The number of nitrogens with two attached hydrogens (primary N) is 1. The van der Waals surface area contributed by atoms with Crippen molar-refractivity contribution in [2.75, 3.05) is 11.4 Å². The van der Waals surface area contributed by atoms with Crippen LogP contribution in [0.25, 0.3) is 0 Å². The Kier molecular flexibility index (Phi) is 2.69. The molecule has 84 valence electrons. The molecule has 0 aromatic carbocycles. The topological polar surface area (TPSA) is 47.1 Å². The van der Waals surface area contributed by atoms with Gasteiger partial charge >= 0.3 is 0 Å². The van der Waals surface area contributed by atoms with Crippen molar-refractivity contribution in [2.45, 2.75) is 39.3 Å². The molecule has 1 aromatic rings. The Morgan fingerprint density at radius 2 is 2.27 bits per heavy atom. The van der Waals surface area contributed by atoms with Crippen LogP contribution in [0.4, 0.5) is 5.82 Å². The number of aromatic nitrogens is 2. The minimum absolute atomic E-state index is 0.582. The molecule has 0 radical (unpaired) electrons. The van der Waals surface area contributed by atoms with Crippen molar-refractivity contribution in [1.29, 1.82) is 0 Å². The van der Waals surface area contributed by atoms with Crippen molar-refractivity contribution in [1.82, 2.24) is 9.78 Å². The molecule has 2 heterocycles. The number of hydrogen-bond acceptors (Lipinski definition) is 3. The van der Waals surface area contributed by atoms with Crippen molar-refractivity contribution in [3.63, 3.8) is 0 Å². The number of aryl methyl sites for hydroxylation is 2. The first kappa shape index (κ1) is 10.5. The van der Waals surface area contributed by atoms with Crippen molar-refractivity contribution < 1.29 is 0 Å². The number of hydrogen-bond donors (Lipinski definition) is 1. The lowest BCUT2D eigenvalue weighted by molar-refractivity contribution is 0.676. The highest BCUT2D eigenvalue weighted by Gasteiger charge is 2.26. The summed E-state index contributed by atoms with van der Waals surface area (Å²) in [5.74, 6) is 1.22. The van der Waals surface area contributed by atoms with Gasteiger partial charge in [0.1, 0.15) is 5.82 Å². The zero-order valence-electron chi connectivity index (χ0n) is 9.82. The molecule has 1 aliphatic heterocycles. The van der Waals surface area contributed by atoms with Crippen LogP contribution < -0.4 is 10.6 Å². The van der Waals surface area contributed by atoms with Crippen molar-refractivity contribution in [3.8, 4) is 0 Å². The summed E-state index contributed by atoms with van der Waals surface area (Å²) in [4.78, 5) is 2.43. The van der Waals surface area contributed by atoms with E-state index in [4.69, 9.17) is 5.73 Å². The van der Waals surface area contributed by atoms with Crippen LogP contribution in [0.2, 0.25) is 0 Å². The fraction of sp³-hybridized carbons (Fsp3) is 0.727. The largest absolute Gasteiger partial charge is 0.354 e. The number of nitrogens with zero attached hydrogens (tertiary/aromatic N) is 3. The Balaban J connectivity index is 2.41. The van der Waals surface area contributed by atoms with Crippen LogP contribution in [-0.2, 0) is 13.6 Å². The molecule has 0 saturated carbocycles. The van der Waals surface area contributed by atoms with E-state index in [0.29, 0.717) is 12.6 Å². The average molecular weight is 208 g/mol. The minimum Gasteiger partial charge on any atom is -0.354 e. The molecule has 0 aliphatic carbocycles. The maximum absolute atomic E-state index is 5.80. The van der Waals surface area contributed by atoms with E-state index in [9.17, 15) is 0 Å². The number of anilines is 1. The third-order valence-corrected chi connectivity index (χ3v) is 3.34. The summed E-state index contributed by atoms with van der Waals surface area (Å²) in [6.45, 7) is 6.02. The molecule has 1 fully saturated rings. The van der Waals surface area contributed by atoms with E-state index in [1.807, 2.05) is 18.7 Å². The van der Waals surface area contributed by atoms with Crippen LogP contribution in [0.15, 0.2) is 0 Å². The highest BCUT2D eigenvalue weighted by Crippen LogP contribution is 2.29. The minimum atomic E-state index is 0.582. The second kappa shape index (κ2) is 3.85. The van der Waals surface area contributed by atoms with Gasteiger partial charge in [-0.2, -0.15) is 5.10 Å². The molecular formula is C11H20N4. The van der Waals surface area contributed by atoms with Gasteiger partial charge in [-0.15, -0.1) is 0 Å². The van der Waals surface area contributed by atoms with Crippen molar-refractivity contribution >= 4 is 5.82 Å². The van der Waals surface area contributed by atoms with E-state index in [1.165, 1.54) is 24.2 Å². The highest BCUT2D eigenvalue weighted by molar-refractivity contribution is 5.51. The standard InChI is InChI=1S/C11H20N4/c1-8-5-4-6-15(8)11-10(7-12)9(2)13-14(11)3/h8H,4-7,12H2,1-3H3. The normalized spacial score (nSPS) is 21.3. The second-order valence-corrected chi connectivity index (χ2v) is 4.40. The second-order valence-electron chi connectivity index (χ2n) is 4.40. The molecular weight excluding hydrogens is 188 g/mol. The summed E-state index contributed by atoms with van der Waals surface area (Å²) in [5, 5.41) is 4.46. The van der Waals surface area contributed by atoms with Crippen LogP contribution in [0.1, 0.15) is 31.0 Å². The summed E-state index contributed by atoms with van der Waals surface area (Å²) < 4.78 is 1.97. The van der Waals surface area contributed by atoms with Crippen molar-refractivity contribution in [3.05, 3.63) is 11.3 Å². The Bertz CT molecular complexity index is 356. The third kappa shape index (κ3) is 1.63. The monoisotopic (exact) mass is 208 g/mol. The predicted molar refractivity (Wildman–Crippen MR) is 61.9 cm³/mol. The van der Waals surface area contributed by atoms with E-state index in [2.05, 4.69) is 16.9 Å². The average Bonchev–Trinajstić information content (AvgIpc) is 2.70. The smallest absolute Gasteiger partial charge is 0.131 e. The zero-order chi connectivity index (χ0) is 11.0. The van der Waals surface area contributed by atoms with Gasteiger partial charge < -0.3 is 10.6 Å². The molecule has 1 saturated heterocycles.